The Hall–Kier alpha value is -2.28. The zero-order valence-corrected chi connectivity index (χ0v) is 18.8. The Kier molecular flexibility index (Phi) is 9.46. The summed E-state index contributed by atoms with van der Waals surface area (Å²) < 4.78 is 5.38. The van der Waals surface area contributed by atoms with Gasteiger partial charge in [-0.3, -0.25) is 9.69 Å². The fourth-order valence-corrected chi connectivity index (χ4v) is 4.59. The van der Waals surface area contributed by atoms with Gasteiger partial charge in [0.1, 0.15) is 5.75 Å². The number of hydrogen-bond acceptors (Lipinski definition) is 4. The summed E-state index contributed by atoms with van der Waals surface area (Å²) in [7, 11) is 1.68. The first-order chi connectivity index (χ1) is 15.2. The highest BCUT2D eigenvalue weighted by atomic mass is 16.5. The number of hydrogen-bond donors (Lipinski definition) is 3. The van der Waals surface area contributed by atoms with E-state index in [2.05, 4.69) is 33.0 Å². The number of amides is 3. The summed E-state index contributed by atoms with van der Waals surface area (Å²) >= 11 is 0. The fraction of sp³-hybridized carbons (Fsp3) is 0.667. The highest BCUT2D eigenvalue weighted by molar-refractivity contribution is 5.76. The Morgan fingerprint density at radius 2 is 1.87 bits per heavy atom. The number of nitrogens with zero attached hydrogens (tertiary/aromatic N) is 1. The molecule has 3 amide bonds. The molecule has 0 bridgehead atoms. The number of nitrogens with one attached hydrogen (secondary N) is 3. The Balaban J connectivity index is 1.38. The zero-order chi connectivity index (χ0) is 21.9. The third-order valence-corrected chi connectivity index (χ3v) is 6.36. The lowest BCUT2D eigenvalue weighted by Crippen LogP contribution is -2.43. The van der Waals surface area contributed by atoms with Crippen LogP contribution in [0.2, 0.25) is 0 Å². The molecule has 172 valence electrons. The largest absolute Gasteiger partial charge is 0.497 e. The Morgan fingerprint density at radius 3 is 2.61 bits per heavy atom. The number of likely N-dealkylation sites (tertiary alicyclic amines) is 1. The van der Waals surface area contributed by atoms with Crippen molar-refractivity contribution >= 4 is 11.9 Å². The summed E-state index contributed by atoms with van der Waals surface area (Å²) in [5, 5.41) is 9.02. The van der Waals surface area contributed by atoms with Crippen LogP contribution in [0.15, 0.2) is 24.3 Å². The van der Waals surface area contributed by atoms with E-state index in [1.54, 1.807) is 7.11 Å². The number of carbonyl (C=O) groups is 2. The highest BCUT2D eigenvalue weighted by Gasteiger charge is 2.24. The molecular formula is C24H38N4O3. The normalized spacial score (nSPS) is 18.4. The predicted octanol–water partition coefficient (Wildman–Crippen LogP) is 3.36. The summed E-state index contributed by atoms with van der Waals surface area (Å²) in [6.07, 6.45) is 9.24. The van der Waals surface area contributed by atoms with Gasteiger partial charge in [0.25, 0.3) is 0 Å². The minimum absolute atomic E-state index is 0.0292. The van der Waals surface area contributed by atoms with Crippen LogP contribution in [0, 0.1) is 0 Å². The average Bonchev–Trinajstić information content (AvgIpc) is 3.32. The minimum Gasteiger partial charge on any atom is -0.497 e. The third-order valence-electron chi connectivity index (χ3n) is 6.36. The number of carbonyl (C=O) groups excluding carboxylic acids is 2. The van der Waals surface area contributed by atoms with E-state index in [1.165, 1.54) is 37.7 Å². The Morgan fingerprint density at radius 1 is 1.10 bits per heavy atom. The lowest BCUT2D eigenvalue weighted by Gasteiger charge is -2.28. The van der Waals surface area contributed by atoms with E-state index in [0.717, 1.165) is 31.7 Å². The van der Waals surface area contributed by atoms with Gasteiger partial charge < -0.3 is 20.7 Å². The van der Waals surface area contributed by atoms with Crippen LogP contribution in [0.5, 0.6) is 5.75 Å². The molecule has 1 aliphatic carbocycles. The second kappa shape index (κ2) is 12.5. The number of urea groups is 1. The molecule has 7 nitrogen and oxygen atoms in total. The molecule has 1 saturated heterocycles. The Labute approximate surface area is 186 Å². The number of rotatable bonds is 10. The molecular weight excluding hydrogens is 392 g/mol. The maximum atomic E-state index is 12.4. The van der Waals surface area contributed by atoms with Crippen molar-refractivity contribution in [2.24, 2.45) is 0 Å². The third kappa shape index (κ3) is 7.73. The van der Waals surface area contributed by atoms with Gasteiger partial charge in [0.2, 0.25) is 5.91 Å². The van der Waals surface area contributed by atoms with E-state index in [4.69, 9.17) is 4.74 Å². The van der Waals surface area contributed by atoms with Gasteiger partial charge in [0.15, 0.2) is 0 Å². The van der Waals surface area contributed by atoms with Gasteiger partial charge in [-0.15, -0.1) is 0 Å². The number of benzene rings is 1. The van der Waals surface area contributed by atoms with Crippen LogP contribution in [0.4, 0.5) is 4.79 Å². The molecule has 0 spiro atoms. The summed E-state index contributed by atoms with van der Waals surface area (Å²) in [5.41, 5.74) is 1.17. The number of ether oxygens (including phenoxy) is 1. The van der Waals surface area contributed by atoms with Crippen LogP contribution in [0.25, 0.3) is 0 Å². The van der Waals surface area contributed by atoms with E-state index in [0.29, 0.717) is 32.0 Å². The molecule has 1 unspecified atom stereocenters. The minimum atomic E-state index is -0.112. The topological polar surface area (TPSA) is 82.7 Å². The summed E-state index contributed by atoms with van der Waals surface area (Å²) in [5.74, 6) is 0.868. The maximum Gasteiger partial charge on any atom is 0.315 e. The van der Waals surface area contributed by atoms with Crippen molar-refractivity contribution in [3.8, 4) is 5.75 Å². The van der Waals surface area contributed by atoms with Crippen molar-refractivity contribution in [2.75, 3.05) is 33.3 Å². The smallest absolute Gasteiger partial charge is 0.315 e. The van der Waals surface area contributed by atoms with Gasteiger partial charge in [0.05, 0.1) is 13.2 Å². The van der Waals surface area contributed by atoms with E-state index in [1.807, 2.05) is 12.1 Å². The lowest BCUT2D eigenvalue weighted by molar-refractivity contribution is -0.121. The van der Waals surface area contributed by atoms with Crippen LogP contribution >= 0.6 is 0 Å². The average molecular weight is 431 g/mol. The molecule has 3 rings (SSSR count). The first-order valence-corrected chi connectivity index (χ1v) is 11.8. The Bertz CT molecular complexity index is 700. The van der Waals surface area contributed by atoms with Crippen LogP contribution in [0.3, 0.4) is 0 Å². The van der Waals surface area contributed by atoms with Gasteiger partial charge in [-0.05, 0) is 62.9 Å². The molecule has 1 aliphatic heterocycles. The van der Waals surface area contributed by atoms with Crippen molar-refractivity contribution in [3.05, 3.63) is 29.8 Å². The quantitative estimate of drug-likeness (QED) is 0.497. The van der Waals surface area contributed by atoms with Crippen molar-refractivity contribution in [1.82, 2.24) is 20.9 Å². The molecule has 1 saturated carbocycles. The lowest BCUT2D eigenvalue weighted by atomic mass is 9.96. The van der Waals surface area contributed by atoms with E-state index >= 15 is 0 Å². The van der Waals surface area contributed by atoms with Gasteiger partial charge in [0, 0.05) is 25.6 Å². The molecule has 1 atom stereocenters. The second-order valence-corrected chi connectivity index (χ2v) is 8.68. The van der Waals surface area contributed by atoms with Crippen LogP contribution in [-0.4, -0.2) is 56.2 Å². The maximum absolute atomic E-state index is 12.4. The highest BCUT2D eigenvalue weighted by Crippen LogP contribution is 2.27. The van der Waals surface area contributed by atoms with E-state index < -0.39 is 0 Å². The SMILES string of the molecule is COc1cccc(C(CNC(=O)CCCNC(=O)NC2CCCCC2)N2CCCC2)c1. The first-order valence-electron chi connectivity index (χ1n) is 11.8. The van der Waals surface area contributed by atoms with Gasteiger partial charge in [-0.2, -0.15) is 0 Å². The van der Waals surface area contributed by atoms with Crippen LogP contribution < -0.4 is 20.7 Å². The molecule has 2 fully saturated rings. The van der Waals surface area contributed by atoms with Gasteiger partial charge in [-0.1, -0.05) is 31.4 Å². The predicted molar refractivity (Wildman–Crippen MR) is 122 cm³/mol. The molecule has 2 aliphatic rings. The fourth-order valence-electron chi connectivity index (χ4n) is 4.59. The van der Waals surface area contributed by atoms with Crippen LogP contribution in [-0.2, 0) is 4.79 Å². The molecule has 0 aromatic heterocycles. The number of methoxy groups -OCH3 is 1. The molecule has 0 radical (unpaired) electrons. The van der Waals surface area contributed by atoms with Crippen molar-refractivity contribution < 1.29 is 14.3 Å². The summed E-state index contributed by atoms with van der Waals surface area (Å²) in [6, 6.07) is 8.46. The van der Waals surface area contributed by atoms with Crippen LogP contribution in [0.1, 0.15) is 69.4 Å². The molecule has 1 aromatic rings. The zero-order valence-electron chi connectivity index (χ0n) is 18.8. The standard InChI is InChI=1S/C24H38N4O3/c1-31-21-12-7-9-19(17-21)22(28-15-5-6-16-28)18-26-23(29)13-8-14-25-24(30)27-20-10-3-2-4-11-20/h7,9,12,17,20,22H,2-6,8,10-11,13-16,18H2,1H3,(H,26,29)(H2,25,27,30). The second-order valence-electron chi connectivity index (χ2n) is 8.68. The van der Waals surface area contributed by atoms with E-state index in [9.17, 15) is 9.59 Å². The first kappa shape index (κ1) is 23.4. The summed E-state index contributed by atoms with van der Waals surface area (Å²) in [6.45, 7) is 3.20. The van der Waals surface area contributed by atoms with Crippen molar-refractivity contribution in [3.63, 3.8) is 0 Å². The monoisotopic (exact) mass is 430 g/mol. The molecule has 3 N–H and O–H groups in total. The van der Waals surface area contributed by atoms with Gasteiger partial charge >= 0.3 is 6.03 Å². The van der Waals surface area contributed by atoms with Crippen molar-refractivity contribution in [2.45, 2.75) is 69.9 Å². The summed E-state index contributed by atoms with van der Waals surface area (Å²) in [4.78, 5) is 26.8. The van der Waals surface area contributed by atoms with Gasteiger partial charge in [-0.25, -0.2) is 4.79 Å². The molecule has 7 heteroatoms. The molecule has 31 heavy (non-hydrogen) atoms. The van der Waals surface area contributed by atoms with E-state index in [-0.39, 0.29) is 18.0 Å². The van der Waals surface area contributed by atoms with Crippen molar-refractivity contribution in [1.29, 1.82) is 0 Å². The molecule has 1 aromatic carbocycles. The molecule has 1 heterocycles.